The third-order valence-electron chi connectivity index (χ3n) is 6.33. The Kier molecular flexibility index (Phi) is 8.13. The van der Waals surface area contributed by atoms with Crippen molar-refractivity contribution in [2.45, 2.75) is 31.5 Å². The van der Waals surface area contributed by atoms with Gasteiger partial charge in [0.1, 0.15) is 5.82 Å². The van der Waals surface area contributed by atoms with Gasteiger partial charge in [-0.2, -0.15) is 0 Å². The predicted molar refractivity (Wildman–Crippen MR) is 137 cm³/mol. The summed E-state index contributed by atoms with van der Waals surface area (Å²) in [6.45, 7) is 5.30. The van der Waals surface area contributed by atoms with E-state index < -0.39 is 36.4 Å². The largest absolute Gasteiger partial charge is 0.479 e. The van der Waals surface area contributed by atoms with Gasteiger partial charge >= 0.3 is 5.97 Å². The molecule has 1 N–H and O–H groups in total. The lowest BCUT2D eigenvalue weighted by Crippen LogP contribution is -2.32. The minimum Gasteiger partial charge on any atom is -0.479 e. The van der Waals surface area contributed by atoms with Gasteiger partial charge in [-0.3, -0.25) is 0 Å². The summed E-state index contributed by atoms with van der Waals surface area (Å²) in [5.41, 5.74) is 2.59. The van der Waals surface area contributed by atoms with Crippen LogP contribution in [-0.2, 0) is 9.53 Å². The second-order valence-electron chi connectivity index (χ2n) is 8.84. The molecule has 4 nitrogen and oxygen atoms in total. The fraction of sp³-hybridized carbons (Fsp3) is 0.250. The van der Waals surface area contributed by atoms with Crippen LogP contribution >= 0.6 is 27.5 Å². The van der Waals surface area contributed by atoms with E-state index in [2.05, 4.69) is 22.5 Å². The molecule has 1 saturated heterocycles. The normalized spacial score (nSPS) is 21.7. The predicted octanol–water partition coefficient (Wildman–Crippen LogP) is 8.02. The van der Waals surface area contributed by atoms with E-state index in [0.29, 0.717) is 27.0 Å². The van der Waals surface area contributed by atoms with Gasteiger partial charge in [0, 0.05) is 26.9 Å². The minimum absolute atomic E-state index is 0.203. The van der Waals surface area contributed by atoms with Gasteiger partial charge in [-0.15, -0.1) is 0 Å². The van der Waals surface area contributed by atoms with Crippen LogP contribution in [0.3, 0.4) is 0 Å². The number of hydrogen-bond donors (Lipinski definition) is 1. The highest BCUT2D eigenvalue weighted by Gasteiger charge is 2.42. The molecule has 1 heterocycles. The van der Waals surface area contributed by atoms with E-state index in [1.165, 1.54) is 18.2 Å². The topological polar surface area (TPSA) is 55.8 Å². The number of benzene rings is 3. The molecule has 0 saturated carbocycles. The minimum atomic E-state index is -1.24. The van der Waals surface area contributed by atoms with E-state index in [4.69, 9.17) is 26.2 Å². The summed E-state index contributed by atoms with van der Waals surface area (Å²) < 4.78 is 41.8. The molecule has 0 bridgehead atoms. The first-order chi connectivity index (χ1) is 17.2. The van der Waals surface area contributed by atoms with Crippen molar-refractivity contribution in [2.24, 2.45) is 5.92 Å². The van der Waals surface area contributed by atoms with Crippen LogP contribution in [0.25, 0.3) is 0 Å². The second-order valence-corrected chi connectivity index (χ2v) is 10.2. The lowest BCUT2D eigenvalue weighted by atomic mass is 9.74. The monoisotopic (exact) mass is 576 g/mol. The van der Waals surface area contributed by atoms with Crippen LogP contribution in [0.15, 0.2) is 77.3 Å². The summed E-state index contributed by atoms with van der Waals surface area (Å²) in [5.74, 6) is -3.12. The van der Waals surface area contributed by atoms with E-state index in [0.717, 1.165) is 11.1 Å². The summed E-state index contributed by atoms with van der Waals surface area (Å²) in [7, 11) is 0. The highest BCUT2D eigenvalue weighted by molar-refractivity contribution is 9.10. The van der Waals surface area contributed by atoms with Crippen molar-refractivity contribution in [2.75, 3.05) is 6.61 Å². The molecule has 0 aliphatic carbocycles. The maximum atomic E-state index is 15.0. The van der Waals surface area contributed by atoms with E-state index >= 15 is 4.39 Å². The zero-order valence-electron chi connectivity index (χ0n) is 19.4. The van der Waals surface area contributed by atoms with Crippen molar-refractivity contribution in [3.63, 3.8) is 0 Å². The maximum Gasteiger partial charge on any atom is 0.341 e. The zero-order valence-corrected chi connectivity index (χ0v) is 21.7. The van der Waals surface area contributed by atoms with Crippen molar-refractivity contribution >= 4 is 33.5 Å². The summed E-state index contributed by atoms with van der Waals surface area (Å²) in [6.07, 6.45) is -0.849. The maximum absolute atomic E-state index is 15.0. The van der Waals surface area contributed by atoms with Gasteiger partial charge in [0.05, 0.1) is 12.2 Å². The van der Waals surface area contributed by atoms with Crippen LogP contribution < -0.4 is 4.74 Å². The number of carboxylic acids is 1. The Morgan fingerprint density at radius 1 is 1.14 bits per heavy atom. The second kappa shape index (κ2) is 11.1. The molecule has 0 radical (unpaired) electrons. The van der Waals surface area contributed by atoms with E-state index in [-0.39, 0.29) is 17.6 Å². The fourth-order valence-electron chi connectivity index (χ4n) is 4.76. The first kappa shape index (κ1) is 26.3. The molecule has 0 amide bonds. The highest BCUT2D eigenvalue weighted by Crippen LogP contribution is 2.54. The summed E-state index contributed by atoms with van der Waals surface area (Å²) in [5, 5.41) is 9.68. The van der Waals surface area contributed by atoms with Gasteiger partial charge in [0.2, 0.25) is 0 Å². The molecule has 3 aromatic rings. The first-order valence-corrected chi connectivity index (χ1v) is 12.5. The van der Waals surface area contributed by atoms with Gasteiger partial charge in [0.25, 0.3) is 0 Å². The van der Waals surface area contributed by atoms with Gasteiger partial charge < -0.3 is 14.6 Å². The summed E-state index contributed by atoms with van der Waals surface area (Å²) in [6, 6.07) is 16.4. The quantitative estimate of drug-likeness (QED) is 0.289. The van der Waals surface area contributed by atoms with Crippen molar-refractivity contribution in [1.82, 2.24) is 0 Å². The standard InChI is InChI=1S/C28H24BrClF2O4/c1-15(2)20-13-21(19-8-3-4-9-23(19)30)26(16-6-5-7-18(31)10-16)36-27(20)22-11-17(29)12-24(32)28(22)35-14-25(33)34/h3-12,20-21,26-27H,1,13-14H2,2H3,(H,33,34)/t20-,21-,26+,27+/m1/s1. The molecule has 8 heteroatoms. The first-order valence-electron chi connectivity index (χ1n) is 11.3. The molecule has 4 rings (SSSR count). The molecule has 1 fully saturated rings. The zero-order chi connectivity index (χ0) is 26.0. The average molecular weight is 578 g/mol. The smallest absolute Gasteiger partial charge is 0.341 e. The molecule has 0 unspecified atom stereocenters. The van der Waals surface area contributed by atoms with Gasteiger partial charge in [0.15, 0.2) is 18.2 Å². The summed E-state index contributed by atoms with van der Waals surface area (Å²) in [4.78, 5) is 11.2. The third kappa shape index (κ3) is 5.64. The average Bonchev–Trinajstić information content (AvgIpc) is 2.82. The lowest BCUT2D eigenvalue weighted by molar-refractivity contribution is -0.139. The Bertz CT molecular complexity index is 1300. The number of carbonyl (C=O) groups is 1. The molecule has 0 spiro atoms. The molecular weight excluding hydrogens is 554 g/mol. The molecular formula is C28H24BrClF2O4. The van der Waals surface area contributed by atoms with Crippen molar-refractivity contribution in [3.8, 4) is 5.75 Å². The Morgan fingerprint density at radius 2 is 1.89 bits per heavy atom. The van der Waals surface area contributed by atoms with Crippen molar-refractivity contribution in [3.05, 3.63) is 111 Å². The van der Waals surface area contributed by atoms with Crippen LogP contribution in [0.4, 0.5) is 8.78 Å². The molecule has 4 atom stereocenters. The van der Waals surface area contributed by atoms with E-state index in [9.17, 15) is 9.18 Å². The van der Waals surface area contributed by atoms with Crippen molar-refractivity contribution in [1.29, 1.82) is 0 Å². The van der Waals surface area contributed by atoms with Gasteiger partial charge in [-0.25, -0.2) is 13.6 Å². The van der Waals surface area contributed by atoms with Crippen LogP contribution in [0.5, 0.6) is 5.75 Å². The molecule has 1 aliphatic rings. The SMILES string of the molecule is C=C(C)[C@H]1C[C@H](c2ccccc2Cl)[C@H](c2cccc(F)c2)O[C@@H]1c1cc(Br)cc(F)c1OCC(=O)O. The van der Waals surface area contributed by atoms with Crippen molar-refractivity contribution < 1.29 is 28.2 Å². The number of rotatable bonds is 7. The Morgan fingerprint density at radius 3 is 2.56 bits per heavy atom. The number of ether oxygens (including phenoxy) is 2. The van der Waals surface area contributed by atoms with Crippen LogP contribution in [-0.4, -0.2) is 17.7 Å². The number of carboxylic acid groups (broad SMARTS) is 1. The molecule has 1 aliphatic heterocycles. The van der Waals surface area contributed by atoms with E-state index in [1.54, 1.807) is 24.3 Å². The van der Waals surface area contributed by atoms with E-state index in [1.807, 2.05) is 25.1 Å². The molecule has 36 heavy (non-hydrogen) atoms. The Hall–Kier alpha value is -2.74. The fourth-order valence-corrected chi connectivity index (χ4v) is 5.48. The van der Waals surface area contributed by atoms with Gasteiger partial charge in [-0.05, 0) is 54.8 Å². The van der Waals surface area contributed by atoms with Gasteiger partial charge in [-0.1, -0.05) is 70.0 Å². The number of aliphatic carboxylic acids is 1. The third-order valence-corrected chi connectivity index (χ3v) is 7.13. The lowest BCUT2D eigenvalue weighted by Gasteiger charge is -2.43. The summed E-state index contributed by atoms with van der Waals surface area (Å²) >= 11 is 9.90. The Balaban J connectivity index is 1.86. The molecule has 188 valence electrons. The molecule has 3 aromatic carbocycles. The highest BCUT2D eigenvalue weighted by atomic mass is 79.9. The number of hydrogen-bond acceptors (Lipinski definition) is 3. The van der Waals surface area contributed by atoms with Crippen LogP contribution in [0, 0.1) is 17.6 Å². The molecule has 0 aromatic heterocycles. The number of halogens is 4. The Labute approximate surface area is 221 Å². The van der Waals surface area contributed by atoms with Crippen LogP contribution in [0.1, 0.15) is 48.2 Å². The van der Waals surface area contributed by atoms with Crippen LogP contribution in [0.2, 0.25) is 5.02 Å².